The summed E-state index contributed by atoms with van der Waals surface area (Å²) in [7, 11) is 1.56. The third kappa shape index (κ3) is 3.49. The normalized spacial score (nSPS) is 13.3. The summed E-state index contributed by atoms with van der Waals surface area (Å²) in [5, 5.41) is 6.49. The molecule has 1 aliphatic heterocycles. The van der Waals surface area contributed by atoms with Crippen molar-refractivity contribution >= 4 is 28.9 Å². The zero-order valence-electron chi connectivity index (χ0n) is 13.3. The van der Waals surface area contributed by atoms with Gasteiger partial charge in [-0.1, -0.05) is 11.6 Å². The molecule has 7 heteroatoms. The number of amides is 1. The molecular formula is C17H17ClN2O4. The van der Waals surface area contributed by atoms with E-state index in [2.05, 4.69) is 10.6 Å². The zero-order chi connectivity index (χ0) is 17.1. The van der Waals surface area contributed by atoms with Crippen molar-refractivity contribution in [1.29, 1.82) is 0 Å². The first-order valence-corrected chi connectivity index (χ1v) is 7.75. The molecule has 0 saturated heterocycles. The first-order valence-electron chi connectivity index (χ1n) is 7.37. The number of benzene rings is 2. The van der Waals surface area contributed by atoms with Gasteiger partial charge in [0.2, 0.25) is 12.7 Å². The highest BCUT2D eigenvalue weighted by molar-refractivity contribution is 6.31. The molecule has 2 aromatic rings. The summed E-state index contributed by atoms with van der Waals surface area (Å²) in [6.07, 6.45) is 0. The van der Waals surface area contributed by atoms with E-state index in [0.29, 0.717) is 33.6 Å². The van der Waals surface area contributed by atoms with Crippen LogP contribution in [0.25, 0.3) is 0 Å². The lowest BCUT2D eigenvalue weighted by molar-refractivity contribution is -0.116. The third-order valence-corrected chi connectivity index (χ3v) is 3.80. The number of fused-ring (bicyclic) bond motifs is 1. The summed E-state index contributed by atoms with van der Waals surface area (Å²) in [4.78, 5) is 12.4. The van der Waals surface area contributed by atoms with Gasteiger partial charge in [0, 0.05) is 16.8 Å². The molecule has 1 atom stereocenters. The number of halogens is 1. The van der Waals surface area contributed by atoms with Crippen LogP contribution in [0.3, 0.4) is 0 Å². The molecule has 1 unspecified atom stereocenters. The second kappa shape index (κ2) is 6.88. The fraction of sp³-hybridized carbons (Fsp3) is 0.235. The molecule has 0 fully saturated rings. The van der Waals surface area contributed by atoms with Gasteiger partial charge in [0.1, 0.15) is 11.8 Å². The Balaban J connectivity index is 1.68. The van der Waals surface area contributed by atoms with Crippen LogP contribution in [0.4, 0.5) is 11.4 Å². The maximum atomic E-state index is 12.4. The topological polar surface area (TPSA) is 68.8 Å². The lowest BCUT2D eigenvalue weighted by Gasteiger charge is -2.17. The Morgan fingerprint density at radius 3 is 2.79 bits per heavy atom. The summed E-state index contributed by atoms with van der Waals surface area (Å²) < 4.78 is 15.8. The number of ether oxygens (including phenoxy) is 3. The molecule has 2 N–H and O–H groups in total. The van der Waals surface area contributed by atoms with E-state index in [1.807, 2.05) is 0 Å². The first kappa shape index (κ1) is 16.3. The van der Waals surface area contributed by atoms with Crippen LogP contribution in [0.1, 0.15) is 6.92 Å². The van der Waals surface area contributed by atoms with E-state index in [1.165, 1.54) is 0 Å². The van der Waals surface area contributed by atoms with Crippen molar-refractivity contribution in [2.24, 2.45) is 0 Å². The summed E-state index contributed by atoms with van der Waals surface area (Å²) in [5.41, 5.74) is 1.29. The molecule has 0 aliphatic carbocycles. The van der Waals surface area contributed by atoms with Crippen LogP contribution in [-0.2, 0) is 4.79 Å². The summed E-state index contributed by atoms with van der Waals surface area (Å²) in [5.74, 6) is 1.70. The Morgan fingerprint density at radius 2 is 2.00 bits per heavy atom. The minimum Gasteiger partial charge on any atom is -0.495 e. The van der Waals surface area contributed by atoms with Crippen LogP contribution in [0.15, 0.2) is 36.4 Å². The van der Waals surface area contributed by atoms with E-state index in [-0.39, 0.29) is 12.7 Å². The Labute approximate surface area is 144 Å². The maximum Gasteiger partial charge on any atom is 0.246 e. The first-order chi connectivity index (χ1) is 11.6. The van der Waals surface area contributed by atoms with Crippen molar-refractivity contribution in [3.63, 3.8) is 0 Å². The van der Waals surface area contributed by atoms with Gasteiger partial charge < -0.3 is 24.8 Å². The van der Waals surface area contributed by atoms with Gasteiger partial charge in [-0.2, -0.15) is 0 Å². The molecule has 1 aliphatic rings. The number of rotatable bonds is 5. The van der Waals surface area contributed by atoms with Gasteiger partial charge in [-0.05, 0) is 37.3 Å². The molecule has 3 rings (SSSR count). The molecule has 126 valence electrons. The Morgan fingerprint density at radius 1 is 1.21 bits per heavy atom. The number of carbonyl (C=O) groups is 1. The molecule has 0 aromatic heterocycles. The standard InChI is InChI=1S/C17H17ClN2O4/c1-10(19-13-7-11(18)3-5-14(13)22-2)17(21)20-12-4-6-15-16(8-12)24-9-23-15/h3-8,10,19H,9H2,1-2H3,(H,20,21). The van der Waals surface area contributed by atoms with E-state index in [9.17, 15) is 4.79 Å². The summed E-state index contributed by atoms with van der Waals surface area (Å²) >= 11 is 6.00. The highest BCUT2D eigenvalue weighted by Crippen LogP contribution is 2.34. The number of carbonyl (C=O) groups excluding carboxylic acids is 1. The van der Waals surface area contributed by atoms with E-state index in [1.54, 1.807) is 50.4 Å². The molecule has 2 aromatic carbocycles. The molecule has 0 bridgehead atoms. The van der Waals surface area contributed by atoms with Crippen molar-refractivity contribution in [3.8, 4) is 17.2 Å². The molecule has 0 spiro atoms. The van der Waals surface area contributed by atoms with Gasteiger partial charge in [0.15, 0.2) is 11.5 Å². The van der Waals surface area contributed by atoms with Crippen molar-refractivity contribution in [2.75, 3.05) is 24.5 Å². The average Bonchev–Trinajstić information content (AvgIpc) is 3.02. The van der Waals surface area contributed by atoms with Crippen molar-refractivity contribution < 1.29 is 19.0 Å². The van der Waals surface area contributed by atoms with E-state index < -0.39 is 6.04 Å². The van der Waals surface area contributed by atoms with Crippen molar-refractivity contribution in [2.45, 2.75) is 13.0 Å². The van der Waals surface area contributed by atoms with Gasteiger partial charge in [0.05, 0.1) is 12.8 Å². The predicted octanol–water partition coefficient (Wildman–Crippen LogP) is 3.52. The number of methoxy groups -OCH3 is 1. The summed E-state index contributed by atoms with van der Waals surface area (Å²) in [6.45, 7) is 1.95. The fourth-order valence-electron chi connectivity index (χ4n) is 2.32. The quantitative estimate of drug-likeness (QED) is 0.865. The molecule has 6 nitrogen and oxygen atoms in total. The van der Waals surface area contributed by atoms with Crippen LogP contribution in [0, 0.1) is 0 Å². The van der Waals surface area contributed by atoms with Gasteiger partial charge in [-0.15, -0.1) is 0 Å². The van der Waals surface area contributed by atoms with Crippen LogP contribution in [0.2, 0.25) is 5.02 Å². The lowest BCUT2D eigenvalue weighted by Crippen LogP contribution is -2.32. The Bertz CT molecular complexity index is 766. The maximum absolute atomic E-state index is 12.4. The predicted molar refractivity (Wildman–Crippen MR) is 92.3 cm³/mol. The Hall–Kier alpha value is -2.60. The SMILES string of the molecule is COc1ccc(Cl)cc1NC(C)C(=O)Nc1ccc2c(c1)OCO2. The van der Waals surface area contributed by atoms with E-state index in [4.69, 9.17) is 25.8 Å². The van der Waals surface area contributed by atoms with Gasteiger partial charge >= 0.3 is 0 Å². The number of hydrogen-bond acceptors (Lipinski definition) is 5. The zero-order valence-corrected chi connectivity index (χ0v) is 14.0. The van der Waals surface area contributed by atoms with Gasteiger partial charge in [-0.3, -0.25) is 4.79 Å². The van der Waals surface area contributed by atoms with E-state index >= 15 is 0 Å². The molecule has 1 amide bonds. The monoisotopic (exact) mass is 348 g/mol. The highest BCUT2D eigenvalue weighted by atomic mass is 35.5. The van der Waals surface area contributed by atoms with Crippen LogP contribution in [-0.4, -0.2) is 25.9 Å². The minimum atomic E-state index is -0.497. The van der Waals surface area contributed by atoms with Crippen molar-refractivity contribution in [1.82, 2.24) is 0 Å². The van der Waals surface area contributed by atoms with Gasteiger partial charge in [-0.25, -0.2) is 0 Å². The lowest BCUT2D eigenvalue weighted by atomic mass is 10.2. The molecular weight excluding hydrogens is 332 g/mol. The van der Waals surface area contributed by atoms with Crippen molar-refractivity contribution in [3.05, 3.63) is 41.4 Å². The smallest absolute Gasteiger partial charge is 0.246 e. The number of nitrogens with one attached hydrogen (secondary N) is 2. The van der Waals surface area contributed by atoms with Gasteiger partial charge in [0.25, 0.3) is 0 Å². The third-order valence-electron chi connectivity index (χ3n) is 3.57. The second-order valence-electron chi connectivity index (χ2n) is 5.27. The largest absolute Gasteiger partial charge is 0.495 e. The fourth-order valence-corrected chi connectivity index (χ4v) is 2.49. The number of hydrogen-bond donors (Lipinski definition) is 2. The summed E-state index contributed by atoms with van der Waals surface area (Å²) in [6, 6.07) is 9.93. The van der Waals surface area contributed by atoms with Crippen LogP contribution >= 0.6 is 11.6 Å². The Kier molecular flexibility index (Phi) is 4.66. The number of anilines is 2. The minimum absolute atomic E-state index is 0.194. The van der Waals surface area contributed by atoms with Crippen LogP contribution in [0.5, 0.6) is 17.2 Å². The van der Waals surface area contributed by atoms with Crippen LogP contribution < -0.4 is 24.8 Å². The molecule has 0 radical (unpaired) electrons. The average molecular weight is 349 g/mol. The highest BCUT2D eigenvalue weighted by Gasteiger charge is 2.18. The second-order valence-corrected chi connectivity index (χ2v) is 5.70. The van der Waals surface area contributed by atoms with E-state index in [0.717, 1.165) is 0 Å². The molecule has 1 heterocycles. The molecule has 0 saturated carbocycles. The molecule has 24 heavy (non-hydrogen) atoms.